The molecule has 0 spiro atoms. The van der Waals surface area contributed by atoms with Crippen molar-refractivity contribution in [3.63, 3.8) is 0 Å². The molecule has 2 nitrogen and oxygen atoms in total. The van der Waals surface area contributed by atoms with Crippen molar-refractivity contribution in [1.82, 2.24) is 5.32 Å². The Bertz CT molecular complexity index is 57.7. The van der Waals surface area contributed by atoms with Gasteiger partial charge in [0.1, 0.15) is 0 Å². The Labute approximate surface area is 64.0 Å². The summed E-state index contributed by atoms with van der Waals surface area (Å²) in [7, 11) is 0. The second-order valence-electron chi connectivity index (χ2n) is 2.45. The number of nitrogens with one attached hydrogen (secondary N) is 1. The Balaban J connectivity index is 0.000000371. The molecule has 0 aliphatic carbocycles. The van der Waals surface area contributed by atoms with Gasteiger partial charge in [0, 0.05) is 12.6 Å². The van der Waals surface area contributed by atoms with Gasteiger partial charge in [0.25, 0.3) is 0 Å². The van der Waals surface area contributed by atoms with Gasteiger partial charge in [0.15, 0.2) is 0 Å². The van der Waals surface area contributed by atoms with Gasteiger partial charge in [0.2, 0.25) is 0 Å². The molecule has 0 bridgehead atoms. The van der Waals surface area contributed by atoms with Crippen LogP contribution in [0.25, 0.3) is 0 Å². The van der Waals surface area contributed by atoms with Crippen LogP contribution < -0.4 is 5.32 Å². The van der Waals surface area contributed by atoms with Crippen LogP contribution in [0.15, 0.2) is 0 Å². The molecular weight excluding hydrogens is 126 g/mol. The van der Waals surface area contributed by atoms with Crippen LogP contribution in [-0.4, -0.2) is 25.3 Å². The minimum Gasteiger partial charge on any atom is -0.376 e. The van der Waals surface area contributed by atoms with Crippen molar-refractivity contribution in [3.8, 4) is 0 Å². The largest absolute Gasteiger partial charge is 0.376 e. The Kier molecular flexibility index (Phi) is 5.64. The Morgan fingerprint density at radius 1 is 1.30 bits per heavy atom. The maximum absolute atomic E-state index is 5.33. The standard InChI is InChI=1S/C6H13NO.C2H6/c1-5-4-8-6(2)3-7-5;1-2/h5-7H,3-4H2,1-2H3;1-2H3/t5-,6-;/m1./s1. The zero-order valence-electron chi connectivity index (χ0n) is 7.48. The second kappa shape index (κ2) is 5.69. The van der Waals surface area contributed by atoms with Crippen LogP contribution in [0.4, 0.5) is 0 Å². The summed E-state index contributed by atoms with van der Waals surface area (Å²) in [6.45, 7) is 10.1. The molecule has 1 heterocycles. The average Bonchev–Trinajstić information content (AvgIpc) is 2.00. The van der Waals surface area contributed by atoms with Crippen LogP contribution in [-0.2, 0) is 4.74 Å². The molecule has 1 N–H and O–H groups in total. The van der Waals surface area contributed by atoms with E-state index in [1.54, 1.807) is 0 Å². The zero-order valence-corrected chi connectivity index (χ0v) is 7.48. The highest BCUT2D eigenvalue weighted by molar-refractivity contribution is 4.68. The number of rotatable bonds is 0. The van der Waals surface area contributed by atoms with E-state index >= 15 is 0 Å². The summed E-state index contributed by atoms with van der Waals surface area (Å²) in [6, 6.07) is 0.547. The Hall–Kier alpha value is -0.0800. The van der Waals surface area contributed by atoms with Crippen LogP contribution >= 0.6 is 0 Å². The van der Waals surface area contributed by atoms with E-state index in [1.807, 2.05) is 13.8 Å². The second-order valence-corrected chi connectivity index (χ2v) is 2.45. The molecule has 0 saturated carbocycles. The van der Waals surface area contributed by atoms with Crippen molar-refractivity contribution in [2.24, 2.45) is 0 Å². The zero-order chi connectivity index (χ0) is 7.98. The van der Waals surface area contributed by atoms with Gasteiger partial charge in [-0.3, -0.25) is 0 Å². The molecule has 10 heavy (non-hydrogen) atoms. The van der Waals surface area contributed by atoms with Crippen molar-refractivity contribution < 1.29 is 4.74 Å². The fourth-order valence-corrected chi connectivity index (χ4v) is 0.794. The number of hydrogen-bond acceptors (Lipinski definition) is 2. The lowest BCUT2D eigenvalue weighted by Crippen LogP contribution is -2.43. The lowest BCUT2D eigenvalue weighted by Gasteiger charge is -2.25. The fraction of sp³-hybridized carbons (Fsp3) is 1.00. The molecule has 0 amide bonds. The summed E-state index contributed by atoms with van der Waals surface area (Å²) in [5, 5.41) is 3.31. The maximum Gasteiger partial charge on any atom is 0.0672 e. The Morgan fingerprint density at radius 2 is 1.90 bits per heavy atom. The summed E-state index contributed by atoms with van der Waals surface area (Å²) < 4.78 is 5.33. The number of morpholine rings is 1. The number of hydrogen-bond donors (Lipinski definition) is 1. The van der Waals surface area contributed by atoms with Gasteiger partial charge in [-0.25, -0.2) is 0 Å². The minimum absolute atomic E-state index is 0.409. The molecule has 0 aromatic carbocycles. The molecule has 0 aromatic rings. The molecule has 2 atom stereocenters. The monoisotopic (exact) mass is 145 g/mol. The van der Waals surface area contributed by atoms with Crippen LogP contribution in [0.1, 0.15) is 27.7 Å². The summed E-state index contributed by atoms with van der Waals surface area (Å²) in [5.41, 5.74) is 0. The smallest absolute Gasteiger partial charge is 0.0672 e. The van der Waals surface area contributed by atoms with Gasteiger partial charge < -0.3 is 10.1 Å². The molecule has 0 aromatic heterocycles. The molecule has 1 rings (SSSR count). The van der Waals surface area contributed by atoms with Gasteiger partial charge >= 0.3 is 0 Å². The van der Waals surface area contributed by atoms with Gasteiger partial charge in [-0.2, -0.15) is 0 Å². The van der Waals surface area contributed by atoms with Crippen LogP contribution in [0.5, 0.6) is 0 Å². The highest BCUT2D eigenvalue weighted by atomic mass is 16.5. The van der Waals surface area contributed by atoms with E-state index in [4.69, 9.17) is 4.74 Å². The summed E-state index contributed by atoms with van der Waals surface area (Å²) >= 11 is 0. The molecule has 1 aliphatic rings. The van der Waals surface area contributed by atoms with E-state index < -0.39 is 0 Å². The topological polar surface area (TPSA) is 21.3 Å². The van der Waals surface area contributed by atoms with E-state index in [2.05, 4.69) is 19.2 Å². The third-order valence-electron chi connectivity index (χ3n) is 1.38. The van der Waals surface area contributed by atoms with Crippen molar-refractivity contribution in [1.29, 1.82) is 0 Å². The molecule has 1 fully saturated rings. The molecule has 2 heteroatoms. The van der Waals surface area contributed by atoms with E-state index in [-0.39, 0.29) is 0 Å². The lowest BCUT2D eigenvalue weighted by molar-refractivity contribution is 0.0196. The first-order valence-corrected chi connectivity index (χ1v) is 4.14. The third-order valence-corrected chi connectivity index (χ3v) is 1.38. The van der Waals surface area contributed by atoms with Crippen molar-refractivity contribution in [2.45, 2.75) is 39.8 Å². The normalized spacial score (nSPS) is 32.4. The lowest BCUT2D eigenvalue weighted by atomic mass is 10.3. The average molecular weight is 145 g/mol. The molecule has 1 aliphatic heterocycles. The van der Waals surface area contributed by atoms with Gasteiger partial charge in [-0.1, -0.05) is 13.8 Å². The van der Waals surface area contributed by atoms with E-state index in [0.717, 1.165) is 13.2 Å². The van der Waals surface area contributed by atoms with Crippen molar-refractivity contribution in [2.75, 3.05) is 13.2 Å². The van der Waals surface area contributed by atoms with Gasteiger partial charge in [-0.05, 0) is 13.8 Å². The summed E-state index contributed by atoms with van der Waals surface area (Å²) in [5.74, 6) is 0. The van der Waals surface area contributed by atoms with E-state index in [1.165, 1.54) is 0 Å². The SMILES string of the molecule is CC.C[C@@H]1CO[C@H](C)CN1. The molecule has 1 saturated heterocycles. The van der Waals surface area contributed by atoms with E-state index in [0.29, 0.717) is 12.1 Å². The molecular formula is C8H19NO. The predicted octanol–water partition coefficient (Wildman–Crippen LogP) is 1.41. The van der Waals surface area contributed by atoms with Crippen LogP contribution in [0.3, 0.4) is 0 Å². The molecule has 0 radical (unpaired) electrons. The summed E-state index contributed by atoms with van der Waals surface area (Å²) in [6.07, 6.45) is 0.409. The van der Waals surface area contributed by atoms with Crippen molar-refractivity contribution in [3.05, 3.63) is 0 Å². The first-order chi connectivity index (χ1) is 4.79. The van der Waals surface area contributed by atoms with Gasteiger partial charge in [-0.15, -0.1) is 0 Å². The minimum atomic E-state index is 0.409. The third kappa shape index (κ3) is 3.85. The van der Waals surface area contributed by atoms with E-state index in [9.17, 15) is 0 Å². The van der Waals surface area contributed by atoms with Crippen molar-refractivity contribution >= 4 is 0 Å². The van der Waals surface area contributed by atoms with Crippen LogP contribution in [0, 0.1) is 0 Å². The first kappa shape index (κ1) is 9.92. The Morgan fingerprint density at radius 3 is 2.20 bits per heavy atom. The quantitative estimate of drug-likeness (QED) is 0.556. The highest BCUT2D eigenvalue weighted by Gasteiger charge is 2.12. The highest BCUT2D eigenvalue weighted by Crippen LogP contribution is 1.97. The summed E-state index contributed by atoms with van der Waals surface area (Å²) in [4.78, 5) is 0. The predicted molar refractivity (Wildman–Crippen MR) is 44.2 cm³/mol. The van der Waals surface area contributed by atoms with Gasteiger partial charge in [0.05, 0.1) is 12.7 Å². The van der Waals surface area contributed by atoms with Crippen LogP contribution in [0.2, 0.25) is 0 Å². The molecule has 0 unspecified atom stereocenters. The first-order valence-electron chi connectivity index (χ1n) is 4.14. The molecule has 62 valence electrons. The number of ether oxygens (including phenoxy) is 1. The fourth-order valence-electron chi connectivity index (χ4n) is 0.794. The maximum atomic E-state index is 5.33.